The summed E-state index contributed by atoms with van der Waals surface area (Å²) in [6.45, 7) is 7.10. The first-order valence-corrected chi connectivity index (χ1v) is 3.92. The van der Waals surface area contributed by atoms with Gasteiger partial charge in [-0.05, 0) is 26.7 Å². The smallest absolute Gasteiger partial charge is 0.0860 e. The van der Waals surface area contributed by atoms with E-state index in [-0.39, 0.29) is 5.60 Å². The molecule has 0 unspecified atom stereocenters. The van der Waals surface area contributed by atoms with E-state index in [1.54, 1.807) is 0 Å². The Bertz CT molecular complexity index is 81.8. The van der Waals surface area contributed by atoms with Gasteiger partial charge in [-0.15, -0.1) is 0 Å². The maximum atomic E-state index is 4.94. The van der Waals surface area contributed by atoms with Crippen molar-refractivity contribution in [3.8, 4) is 0 Å². The van der Waals surface area contributed by atoms with Crippen molar-refractivity contribution in [3.05, 3.63) is 0 Å². The number of hydrogen-bond acceptors (Lipinski definition) is 2. The highest BCUT2D eigenvalue weighted by Gasteiger charge is 2.32. The Kier molecular flexibility index (Phi) is 2.69. The van der Waals surface area contributed by atoms with Gasteiger partial charge in [0.1, 0.15) is 0 Å². The second-order valence-corrected chi connectivity index (χ2v) is 3.37. The van der Waals surface area contributed by atoms with Gasteiger partial charge in [-0.25, -0.2) is 0 Å². The lowest BCUT2D eigenvalue weighted by molar-refractivity contribution is 0.198. The second kappa shape index (κ2) is 3.35. The van der Waals surface area contributed by atoms with Gasteiger partial charge >= 0.3 is 0 Å². The summed E-state index contributed by atoms with van der Waals surface area (Å²) in [7, 11) is 0. The molecule has 0 bridgehead atoms. The molecule has 0 N–H and O–H groups in total. The third-order valence-corrected chi connectivity index (χ3v) is 1.55. The Labute approximate surface area is 62.5 Å². The Morgan fingerprint density at radius 2 is 1.50 bits per heavy atom. The summed E-state index contributed by atoms with van der Waals surface area (Å²) in [5.74, 6) is 0. The van der Waals surface area contributed by atoms with Crippen LogP contribution in [0.1, 0.15) is 26.7 Å². The van der Waals surface area contributed by atoms with E-state index in [1.807, 2.05) is 0 Å². The summed E-state index contributed by atoms with van der Waals surface area (Å²) in [6.07, 6.45) is 2.56. The van der Waals surface area contributed by atoms with E-state index in [2.05, 4.69) is 13.8 Å². The minimum absolute atomic E-state index is 0.250. The molecule has 2 nitrogen and oxygen atoms in total. The van der Waals surface area contributed by atoms with Crippen LogP contribution in [0.25, 0.3) is 0 Å². The summed E-state index contributed by atoms with van der Waals surface area (Å²) in [5, 5.41) is 0. The molecular weight excluding hydrogens is 128 g/mol. The van der Waals surface area contributed by atoms with Crippen molar-refractivity contribution in [2.75, 3.05) is 19.8 Å². The molecule has 0 spiro atoms. The SMILES string of the molecule is C1CCOC1.CC1(C)CO1. The first-order valence-electron chi connectivity index (χ1n) is 3.92. The van der Waals surface area contributed by atoms with Crippen LogP contribution in [-0.2, 0) is 9.47 Å². The molecule has 2 aliphatic heterocycles. The average Bonchev–Trinajstić information content (AvgIpc) is 2.39. The van der Waals surface area contributed by atoms with Gasteiger partial charge in [0.05, 0.1) is 12.2 Å². The van der Waals surface area contributed by atoms with Gasteiger partial charge in [-0.1, -0.05) is 0 Å². The minimum atomic E-state index is 0.250. The fraction of sp³-hybridized carbons (Fsp3) is 1.00. The lowest BCUT2D eigenvalue weighted by atomic mass is 10.3. The zero-order valence-corrected chi connectivity index (χ0v) is 6.85. The van der Waals surface area contributed by atoms with Gasteiger partial charge in [0.25, 0.3) is 0 Å². The number of hydrogen-bond donors (Lipinski definition) is 0. The standard InChI is InChI=1S/2C4H8O/c1-4(2)3-5-4;1-2-4-5-3-1/h3H2,1-2H3;1-4H2. The molecule has 0 amide bonds. The predicted octanol–water partition coefficient (Wildman–Crippen LogP) is 1.59. The highest BCUT2D eigenvalue weighted by molar-refractivity contribution is 4.79. The zero-order valence-electron chi connectivity index (χ0n) is 6.85. The van der Waals surface area contributed by atoms with E-state index < -0.39 is 0 Å². The van der Waals surface area contributed by atoms with Crippen molar-refractivity contribution in [2.45, 2.75) is 32.3 Å². The molecule has 10 heavy (non-hydrogen) atoms. The lowest BCUT2D eigenvalue weighted by Crippen LogP contribution is -1.90. The van der Waals surface area contributed by atoms with Crippen LogP contribution < -0.4 is 0 Å². The van der Waals surface area contributed by atoms with Crippen LogP contribution in [0.5, 0.6) is 0 Å². The number of ether oxygens (including phenoxy) is 2. The number of epoxide rings is 1. The maximum Gasteiger partial charge on any atom is 0.0860 e. The molecule has 0 aromatic rings. The van der Waals surface area contributed by atoms with Gasteiger partial charge in [0.2, 0.25) is 0 Å². The second-order valence-electron chi connectivity index (χ2n) is 3.37. The third-order valence-electron chi connectivity index (χ3n) is 1.55. The Balaban J connectivity index is 0.0000001000. The highest BCUT2D eigenvalue weighted by Crippen LogP contribution is 2.23. The molecule has 0 aromatic heterocycles. The highest BCUT2D eigenvalue weighted by atomic mass is 16.6. The van der Waals surface area contributed by atoms with Crippen LogP contribution in [-0.4, -0.2) is 25.4 Å². The molecule has 0 radical (unpaired) electrons. The monoisotopic (exact) mass is 144 g/mol. The van der Waals surface area contributed by atoms with Gasteiger partial charge < -0.3 is 9.47 Å². The van der Waals surface area contributed by atoms with Crippen LogP contribution in [0, 0.1) is 0 Å². The van der Waals surface area contributed by atoms with Gasteiger partial charge in [0.15, 0.2) is 0 Å². The summed E-state index contributed by atoms with van der Waals surface area (Å²) >= 11 is 0. The van der Waals surface area contributed by atoms with Crippen molar-refractivity contribution < 1.29 is 9.47 Å². The van der Waals surface area contributed by atoms with E-state index in [9.17, 15) is 0 Å². The molecule has 2 saturated heterocycles. The normalized spacial score (nSPS) is 27.0. The van der Waals surface area contributed by atoms with E-state index in [0.29, 0.717) is 0 Å². The average molecular weight is 144 g/mol. The van der Waals surface area contributed by atoms with Crippen LogP contribution in [0.3, 0.4) is 0 Å². The van der Waals surface area contributed by atoms with E-state index in [1.165, 1.54) is 12.8 Å². The summed E-state index contributed by atoms with van der Waals surface area (Å²) < 4.78 is 9.84. The van der Waals surface area contributed by atoms with Crippen LogP contribution >= 0.6 is 0 Å². The third kappa shape index (κ3) is 3.85. The molecule has 2 fully saturated rings. The topological polar surface area (TPSA) is 21.8 Å². The molecule has 0 atom stereocenters. The molecule has 2 heteroatoms. The van der Waals surface area contributed by atoms with Crippen molar-refractivity contribution in [1.29, 1.82) is 0 Å². The fourth-order valence-electron chi connectivity index (χ4n) is 0.655. The van der Waals surface area contributed by atoms with Crippen molar-refractivity contribution in [1.82, 2.24) is 0 Å². The van der Waals surface area contributed by atoms with E-state index >= 15 is 0 Å². The quantitative estimate of drug-likeness (QED) is 0.481. The maximum absolute atomic E-state index is 4.94. The first-order chi connectivity index (χ1) is 4.71. The molecule has 60 valence electrons. The molecule has 0 aliphatic carbocycles. The zero-order chi connectivity index (χ0) is 7.45. The Morgan fingerprint density at radius 3 is 1.60 bits per heavy atom. The minimum Gasteiger partial charge on any atom is -0.381 e. The van der Waals surface area contributed by atoms with Crippen molar-refractivity contribution in [3.63, 3.8) is 0 Å². The van der Waals surface area contributed by atoms with Gasteiger partial charge in [-0.3, -0.25) is 0 Å². The molecule has 2 aliphatic rings. The van der Waals surface area contributed by atoms with Crippen LogP contribution in [0.2, 0.25) is 0 Å². The first kappa shape index (κ1) is 8.02. The van der Waals surface area contributed by atoms with E-state index in [4.69, 9.17) is 9.47 Å². The molecule has 2 rings (SSSR count). The Morgan fingerprint density at radius 1 is 1.10 bits per heavy atom. The fourth-order valence-corrected chi connectivity index (χ4v) is 0.655. The largest absolute Gasteiger partial charge is 0.381 e. The van der Waals surface area contributed by atoms with Crippen molar-refractivity contribution >= 4 is 0 Å². The van der Waals surface area contributed by atoms with Crippen LogP contribution in [0.15, 0.2) is 0 Å². The summed E-state index contributed by atoms with van der Waals surface area (Å²) in [5.41, 5.74) is 0.250. The van der Waals surface area contributed by atoms with Crippen LogP contribution in [0.4, 0.5) is 0 Å². The number of rotatable bonds is 0. The molecule has 2 heterocycles. The molecule has 0 saturated carbocycles. The molecular formula is C8H16O2. The summed E-state index contributed by atoms with van der Waals surface area (Å²) in [4.78, 5) is 0. The predicted molar refractivity (Wildman–Crippen MR) is 40.1 cm³/mol. The lowest BCUT2D eigenvalue weighted by Gasteiger charge is -1.81. The van der Waals surface area contributed by atoms with Crippen molar-refractivity contribution in [2.24, 2.45) is 0 Å². The van der Waals surface area contributed by atoms with Gasteiger partial charge in [0, 0.05) is 13.2 Å². The van der Waals surface area contributed by atoms with E-state index in [0.717, 1.165) is 19.8 Å². The Hall–Kier alpha value is -0.0800. The molecule has 0 aromatic carbocycles. The van der Waals surface area contributed by atoms with Gasteiger partial charge in [-0.2, -0.15) is 0 Å². The summed E-state index contributed by atoms with van der Waals surface area (Å²) in [6, 6.07) is 0.